The maximum absolute atomic E-state index is 13.1. The van der Waals surface area contributed by atoms with E-state index in [-0.39, 0.29) is 23.1 Å². The Bertz CT molecular complexity index is 559. The summed E-state index contributed by atoms with van der Waals surface area (Å²) in [7, 11) is 1.67. The highest BCUT2D eigenvalue weighted by molar-refractivity contribution is 5.92. The van der Waals surface area contributed by atoms with Gasteiger partial charge in [0.2, 0.25) is 11.8 Å². The number of hydrogen-bond donors (Lipinski definition) is 3. The second-order valence-electron chi connectivity index (χ2n) is 9.24. The Kier molecular flexibility index (Phi) is 8.88. The summed E-state index contributed by atoms with van der Waals surface area (Å²) in [6.45, 7) is 14.0. The first-order valence-electron chi connectivity index (χ1n) is 10.1. The first kappa shape index (κ1) is 24.4. The van der Waals surface area contributed by atoms with Crippen molar-refractivity contribution in [3.63, 3.8) is 0 Å². The van der Waals surface area contributed by atoms with E-state index in [9.17, 15) is 19.5 Å². The zero-order valence-corrected chi connectivity index (χ0v) is 18.4. The van der Waals surface area contributed by atoms with Gasteiger partial charge in [0.25, 0.3) is 0 Å². The monoisotopic (exact) mass is 398 g/mol. The van der Waals surface area contributed by atoms with Gasteiger partial charge in [-0.15, -0.1) is 0 Å². The van der Waals surface area contributed by atoms with E-state index in [0.29, 0.717) is 19.6 Å². The van der Waals surface area contributed by atoms with Gasteiger partial charge in [-0.1, -0.05) is 34.6 Å². The molecule has 0 aliphatic carbocycles. The van der Waals surface area contributed by atoms with Gasteiger partial charge >= 0.3 is 5.97 Å². The highest BCUT2D eigenvalue weighted by atomic mass is 16.4. The molecular formula is C20H38N4O4. The molecule has 3 atom stereocenters. The van der Waals surface area contributed by atoms with Crippen LogP contribution < -0.4 is 10.6 Å². The van der Waals surface area contributed by atoms with Crippen LogP contribution in [0.2, 0.25) is 0 Å². The van der Waals surface area contributed by atoms with E-state index < -0.39 is 24.1 Å². The van der Waals surface area contributed by atoms with Crippen LogP contribution in [0.25, 0.3) is 0 Å². The molecule has 0 aromatic rings. The Hall–Kier alpha value is -1.67. The molecule has 0 saturated carbocycles. The van der Waals surface area contributed by atoms with Crippen molar-refractivity contribution in [3.05, 3.63) is 0 Å². The Morgan fingerprint density at radius 1 is 1.14 bits per heavy atom. The molecule has 8 heteroatoms. The molecule has 1 aliphatic rings. The van der Waals surface area contributed by atoms with Crippen LogP contribution in [0.15, 0.2) is 0 Å². The molecular weight excluding hydrogens is 360 g/mol. The number of hydrogen-bond acceptors (Lipinski definition) is 5. The summed E-state index contributed by atoms with van der Waals surface area (Å²) >= 11 is 0. The fourth-order valence-corrected chi connectivity index (χ4v) is 3.11. The third-order valence-electron chi connectivity index (χ3n) is 5.27. The number of nitrogens with one attached hydrogen (secondary N) is 2. The third-order valence-corrected chi connectivity index (χ3v) is 5.27. The van der Waals surface area contributed by atoms with Crippen LogP contribution in [0.1, 0.15) is 48.0 Å². The van der Waals surface area contributed by atoms with Crippen molar-refractivity contribution in [2.75, 3.05) is 33.2 Å². The lowest BCUT2D eigenvalue weighted by atomic mass is 9.92. The molecule has 1 fully saturated rings. The SMILES string of the molecule is CNC(C)C(=O)NC(C(=O)N1CCN(CCC(C)(C)C)CC1C(=O)O)C(C)C. The molecule has 1 saturated heterocycles. The summed E-state index contributed by atoms with van der Waals surface area (Å²) in [5, 5.41) is 15.3. The quantitative estimate of drug-likeness (QED) is 0.558. The van der Waals surface area contributed by atoms with E-state index in [2.05, 4.69) is 36.3 Å². The van der Waals surface area contributed by atoms with Gasteiger partial charge in [0.15, 0.2) is 0 Å². The molecule has 3 N–H and O–H groups in total. The number of carboxylic acids is 1. The van der Waals surface area contributed by atoms with E-state index in [0.717, 1.165) is 13.0 Å². The van der Waals surface area contributed by atoms with Gasteiger partial charge < -0.3 is 20.6 Å². The molecule has 0 bridgehead atoms. The normalized spacial score (nSPS) is 20.7. The van der Waals surface area contributed by atoms with Crippen LogP contribution in [-0.2, 0) is 14.4 Å². The number of piperazine rings is 1. The lowest BCUT2D eigenvalue weighted by Crippen LogP contribution is -2.63. The second kappa shape index (κ2) is 10.2. The smallest absolute Gasteiger partial charge is 0.327 e. The van der Waals surface area contributed by atoms with Gasteiger partial charge in [0.05, 0.1) is 6.04 Å². The molecule has 3 unspecified atom stereocenters. The topological polar surface area (TPSA) is 102 Å². The van der Waals surface area contributed by atoms with Crippen LogP contribution in [0.5, 0.6) is 0 Å². The Morgan fingerprint density at radius 2 is 1.75 bits per heavy atom. The van der Waals surface area contributed by atoms with Gasteiger partial charge in [-0.25, -0.2) is 4.79 Å². The molecule has 162 valence electrons. The van der Waals surface area contributed by atoms with Crippen molar-refractivity contribution in [3.8, 4) is 0 Å². The largest absolute Gasteiger partial charge is 0.480 e. The predicted octanol–water partition coefficient (Wildman–Crippen LogP) is 0.769. The van der Waals surface area contributed by atoms with Crippen molar-refractivity contribution in [1.29, 1.82) is 0 Å². The van der Waals surface area contributed by atoms with Crippen LogP contribution in [0.3, 0.4) is 0 Å². The average molecular weight is 399 g/mol. The van der Waals surface area contributed by atoms with Gasteiger partial charge in [0, 0.05) is 19.6 Å². The van der Waals surface area contributed by atoms with E-state index in [1.165, 1.54) is 4.90 Å². The molecule has 28 heavy (non-hydrogen) atoms. The number of nitrogens with zero attached hydrogens (tertiary/aromatic N) is 2. The van der Waals surface area contributed by atoms with E-state index in [1.807, 2.05) is 13.8 Å². The zero-order valence-electron chi connectivity index (χ0n) is 18.4. The average Bonchev–Trinajstić information content (AvgIpc) is 2.61. The van der Waals surface area contributed by atoms with Crippen LogP contribution >= 0.6 is 0 Å². The Balaban J connectivity index is 2.88. The van der Waals surface area contributed by atoms with Crippen LogP contribution in [0.4, 0.5) is 0 Å². The predicted molar refractivity (Wildman–Crippen MR) is 109 cm³/mol. The van der Waals surface area contributed by atoms with E-state index >= 15 is 0 Å². The fourth-order valence-electron chi connectivity index (χ4n) is 3.11. The van der Waals surface area contributed by atoms with Gasteiger partial charge in [-0.05, 0) is 38.3 Å². The lowest BCUT2D eigenvalue weighted by molar-refractivity contribution is -0.155. The first-order chi connectivity index (χ1) is 12.9. The van der Waals surface area contributed by atoms with Crippen molar-refractivity contribution in [1.82, 2.24) is 20.4 Å². The number of aliphatic carboxylic acids is 1. The maximum Gasteiger partial charge on any atom is 0.327 e. The van der Waals surface area contributed by atoms with Gasteiger partial charge in [-0.3, -0.25) is 14.5 Å². The molecule has 0 spiro atoms. The molecule has 1 heterocycles. The fraction of sp³-hybridized carbons (Fsp3) is 0.850. The minimum atomic E-state index is -1.01. The second-order valence-corrected chi connectivity index (χ2v) is 9.24. The molecule has 0 radical (unpaired) electrons. The minimum absolute atomic E-state index is 0.145. The number of amides is 2. The molecule has 1 rings (SSSR count). The highest BCUT2D eigenvalue weighted by Gasteiger charge is 2.39. The standard InChI is InChI=1S/C20H38N4O4/c1-13(2)16(22-17(25)14(3)21-7)18(26)24-11-10-23(9-8-20(4,5)6)12-15(24)19(27)28/h13-16,21H,8-12H2,1-7H3,(H,22,25)(H,27,28). The summed E-state index contributed by atoms with van der Waals surface area (Å²) in [4.78, 5) is 40.8. The highest BCUT2D eigenvalue weighted by Crippen LogP contribution is 2.21. The van der Waals surface area contributed by atoms with Crippen LogP contribution in [0, 0.1) is 11.3 Å². The van der Waals surface area contributed by atoms with E-state index in [4.69, 9.17) is 0 Å². The van der Waals surface area contributed by atoms with Crippen molar-refractivity contribution < 1.29 is 19.5 Å². The Labute approximate surface area is 169 Å². The number of likely N-dealkylation sites (N-methyl/N-ethyl adjacent to an activating group) is 1. The number of carboxylic acid groups (broad SMARTS) is 1. The third kappa shape index (κ3) is 7.05. The number of rotatable bonds is 8. The summed E-state index contributed by atoms with van der Waals surface area (Å²) in [5.74, 6) is -1.75. The number of carbonyl (C=O) groups excluding carboxylic acids is 2. The minimum Gasteiger partial charge on any atom is -0.480 e. The van der Waals surface area contributed by atoms with Gasteiger partial charge in [0.1, 0.15) is 12.1 Å². The lowest BCUT2D eigenvalue weighted by Gasteiger charge is -2.42. The summed E-state index contributed by atoms with van der Waals surface area (Å²) < 4.78 is 0. The summed E-state index contributed by atoms with van der Waals surface area (Å²) in [6, 6.07) is -2.08. The molecule has 2 amide bonds. The molecule has 0 aromatic carbocycles. The zero-order chi connectivity index (χ0) is 21.6. The van der Waals surface area contributed by atoms with Crippen molar-refractivity contribution >= 4 is 17.8 Å². The van der Waals surface area contributed by atoms with Crippen molar-refractivity contribution in [2.45, 2.75) is 66.1 Å². The van der Waals surface area contributed by atoms with Crippen LogP contribution in [-0.4, -0.2) is 84.0 Å². The molecule has 1 aliphatic heterocycles. The maximum atomic E-state index is 13.1. The number of carbonyl (C=O) groups is 3. The van der Waals surface area contributed by atoms with Crippen molar-refractivity contribution in [2.24, 2.45) is 11.3 Å². The first-order valence-corrected chi connectivity index (χ1v) is 10.1. The van der Waals surface area contributed by atoms with E-state index in [1.54, 1.807) is 14.0 Å². The molecule has 0 aromatic heterocycles. The van der Waals surface area contributed by atoms with Gasteiger partial charge in [-0.2, -0.15) is 0 Å². The summed E-state index contributed by atoms with van der Waals surface area (Å²) in [5.41, 5.74) is 0.169. The Morgan fingerprint density at radius 3 is 2.21 bits per heavy atom. The summed E-state index contributed by atoms with van der Waals surface area (Å²) in [6.07, 6.45) is 0.958. The molecule has 8 nitrogen and oxygen atoms in total.